The Hall–Kier alpha value is -2.05. The summed E-state index contributed by atoms with van der Waals surface area (Å²) in [6, 6.07) is -0.710. The summed E-state index contributed by atoms with van der Waals surface area (Å²) in [7, 11) is 0. The van der Waals surface area contributed by atoms with Gasteiger partial charge in [-0.05, 0) is 26.7 Å². The topological polar surface area (TPSA) is 101 Å². The summed E-state index contributed by atoms with van der Waals surface area (Å²) in [5, 5.41) is 0. The Balaban J connectivity index is 2.92. The number of primary amides is 1. The van der Waals surface area contributed by atoms with Gasteiger partial charge in [0.1, 0.15) is 11.6 Å². The van der Waals surface area contributed by atoms with Crippen LogP contribution in [0.15, 0.2) is 12.5 Å². The molecule has 0 aliphatic carbocycles. The maximum Gasteiger partial charge on any atom is 0.410 e. The van der Waals surface area contributed by atoms with E-state index in [0.717, 1.165) is 5.69 Å². The van der Waals surface area contributed by atoms with Crippen LogP contribution in [0.5, 0.6) is 0 Å². The minimum atomic E-state index is -0.710. The molecule has 7 heteroatoms. The van der Waals surface area contributed by atoms with E-state index in [9.17, 15) is 9.59 Å². The Bertz CT molecular complexity index is 491. The number of H-pyrrole nitrogens is 1. The Morgan fingerprint density at radius 1 is 1.41 bits per heavy atom. The number of nitrogens with two attached hydrogens (primary N) is 1. The zero-order valence-electron chi connectivity index (χ0n) is 13.9. The minimum Gasteiger partial charge on any atom is -0.444 e. The largest absolute Gasteiger partial charge is 0.444 e. The molecule has 0 unspecified atom stereocenters. The molecule has 124 valence electrons. The molecule has 0 aromatic carbocycles. The lowest BCUT2D eigenvalue weighted by Crippen LogP contribution is -2.52. The first-order valence-electron chi connectivity index (χ1n) is 7.38. The first-order chi connectivity index (χ1) is 10.1. The Kier molecular flexibility index (Phi) is 5.96. The second-order valence-corrected chi connectivity index (χ2v) is 6.59. The van der Waals surface area contributed by atoms with Crippen LogP contribution in [-0.4, -0.2) is 45.1 Å². The predicted octanol–water partition coefficient (Wildman–Crippen LogP) is 1.70. The molecule has 0 aliphatic heterocycles. The van der Waals surface area contributed by atoms with E-state index in [2.05, 4.69) is 9.97 Å². The fraction of sp³-hybridized carbons (Fsp3) is 0.667. The third-order valence-electron chi connectivity index (χ3n) is 3.06. The highest BCUT2D eigenvalue weighted by atomic mass is 16.6. The zero-order chi connectivity index (χ0) is 16.9. The third-order valence-corrected chi connectivity index (χ3v) is 3.06. The summed E-state index contributed by atoms with van der Waals surface area (Å²) >= 11 is 0. The van der Waals surface area contributed by atoms with Crippen molar-refractivity contribution in [2.75, 3.05) is 6.54 Å². The van der Waals surface area contributed by atoms with Crippen LogP contribution in [0.1, 0.15) is 40.3 Å². The number of ether oxygens (including phenoxy) is 1. The van der Waals surface area contributed by atoms with Crippen molar-refractivity contribution in [3.05, 3.63) is 18.2 Å². The van der Waals surface area contributed by atoms with Crippen molar-refractivity contribution in [3.63, 3.8) is 0 Å². The number of imidazole rings is 1. The van der Waals surface area contributed by atoms with Gasteiger partial charge in [0.15, 0.2) is 0 Å². The lowest BCUT2D eigenvalue weighted by molar-refractivity contribution is -0.124. The maximum atomic E-state index is 12.4. The van der Waals surface area contributed by atoms with Crippen LogP contribution in [0.4, 0.5) is 4.79 Å². The van der Waals surface area contributed by atoms with Crippen LogP contribution in [0.2, 0.25) is 0 Å². The summed E-state index contributed by atoms with van der Waals surface area (Å²) < 4.78 is 5.40. The Morgan fingerprint density at radius 3 is 2.45 bits per heavy atom. The molecule has 0 radical (unpaired) electrons. The van der Waals surface area contributed by atoms with Gasteiger partial charge in [-0.3, -0.25) is 9.69 Å². The average molecular weight is 310 g/mol. The lowest BCUT2D eigenvalue weighted by atomic mass is 10.0. The highest BCUT2D eigenvalue weighted by molar-refractivity contribution is 5.84. The number of aromatic amines is 1. The molecule has 1 aromatic heterocycles. The van der Waals surface area contributed by atoms with Crippen LogP contribution >= 0.6 is 0 Å². The molecule has 1 rings (SSSR count). The smallest absolute Gasteiger partial charge is 0.410 e. The van der Waals surface area contributed by atoms with Crippen LogP contribution in [0.3, 0.4) is 0 Å². The van der Waals surface area contributed by atoms with Gasteiger partial charge in [0.2, 0.25) is 5.91 Å². The molecule has 1 heterocycles. The standard InChI is InChI=1S/C15H26N4O3/c1-10(2)12(13(16)20)19(14(21)22-15(3,4)5)7-6-11-8-17-9-18-11/h8-10,12H,6-7H2,1-5H3,(H2,16,20)(H,17,18)/t12-/m0/s1. The molecule has 2 amide bonds. The first kappa shape index (κ1) is 18.0. The summed E-state index contributed by atoms with van der Waals surface area (Å²) in [5.41, 5.74) is 5.72. The predicted molar refractivity (Wildman–Crippen MR) is 83.1 cm³/mol. The van der Waals surface area contributed by atoms with E-state index >= 15 is 0 Å². The highest BCUT2D eigenvalue weighted by Gasteiger charge is 2.33. The summed E-state index contributed by atoms with van der Waals surface area (Å²) in [6.45, 7) is 9.38. The van der Waals surface area contributed by atoms with E-state index in [1.54, 1.807) is 33.3 Å². The van der Waals surface area contributed by atoms with E-state index in [-0.39, 0.29) is 5.92 Å². The minimum absolute atomic E-state index is 0.105. The second-order valence-electron chi connectivity index (χ2n) is 6.59. The van der Waals surface area contributed by atoms with Crippen LogP contribution in [0, 0.1) is 5.92 Å². The molecule has 3 N–H and O–H groups in total. The molecule has 1 aromatic rings. The van der Waals surface area contributed by atoms with Crippen molar-refractivity contribution < 1.29 is 14.3 Å². The molecule has 0 saturated heterocycles. The van der Waals surface area contributed by atoms with Crippen molar-refractivity contribution in [2.45, 2.75) is 52.7 Å². The second kappa shape index (κ2) is 7.29. The molecule has 0 aliphatic rings. The molecule has 0 bridgehead atoms. The summed E-state index contributed by atoms with van der Waals surface area (Å²) in [5.74, 6) is -0.641. The Morgan fingerprint density at radius 2 is 2.05 bits per heavy atom. The van der Waals surface area contributed by atoms with Gasteiger partial charge in [-0.1, -0.05) is 13.8 Å². The molecule has 1 atom stereocenters. The number of rotatable bonds is 6. The maximum absolute atomic E-state index is 12.4. The van der Waals surface area contributed by atoms with Crippen molar-refractivity contribution in [1.82, 2.24) is 14.9 Å². The number of carbonyl (C=O) groups excluding carboxylic acids is 2. The molecular weight excluding hydrogens is 284 g/mol. The van der Waals surface area contributed by atoms with Crippen LogP contribution in [0.25, 0.3) is 0 Å². The zero-order valence-corrected chi connectivity index (χ0v) is 13.9. The van der Waals surface area contributed by atoms with Crippen LogP contribution < -0.4 is 5.73 Å². The lowest BCUT2D eigenvalue weighted by Gasteiger charge is -2.33. The number of amides is 2. The van der Waals surface area contributed by atoms with E-state index in [1.165, 1.54) is 4.90 Å². The van der Waals surface area contributed by atoms with Gasteiger partial charge in [0, 0.05) is 24.9 Å². The van der Waals surface area contributed by atoms with E-state index in [4.69, 9.17) is 10.5 Å². The SMILES string of the molecule is CC(C)[C@@H](C(N)=O)N(CCc1cnc[nH]1)C(=O)OC(C)(C)C. The average Bonchev–Trinajstić information content (AvgIpc) is 2.83. The van der Waals surface area contributed by atoms with Crippen molar-refractivity contribution >= 4 is 12.0 Å². The molecule has 0 spiro atoms. The normalized spacial score (nSPS) is 13.0. The molecular formula is C15H26N4O3. The van der Waals surface area contributed by atoms with Gasteiger partial charge in [-0.2, -0.15) is 0 Å². The summed E-state index contributed by atoms with van der Waals surface area (Å²) in [6.07, 6.45) is 3.25. The number of carbonyl (C=O) groups is 2. The Labute approximate surface area is 131 Å². The number of nitrogens with zero attached hydrogens (tertiary/aromatic N) is 2. The first-order valence-corrected chi connectivity index (χ1v) is 7.38. The van der Waals surface area contributed by atoms with Crippen molar-refractivity contribution in [1.29, 1.82) is 0 Å². The number of nitrogens with one attached hydrogen (secondary N) is 1. The van der Waals surface area contributed by atoms with Crippen LogP contribution in [-0.2, 0) is 16.0 Å². The van der Waals surface area contributed by atoms with Gasteiger partial charge in [0.05, 0.1) is 6.33 Å². The van der Waals surface area contributed by atoms with Gasteiger partial charge in [0.25, 0.3) is 0 Å². The third kappa shape index (κ3) is 5.38. The quantitative estimate of drug-likeness (QED) is 0.835. The van der Waals surface area contributed by atoms with E-state index in [1.807, 2.05) is 13.8 Å². The van der Waals surface area contributed by atoms with Gasteiger partial charge < -0.3 is 15.5 Å². The molecule has 22 heavy (non-hydrogen) atoms. The number of aromatic nitrogens is 2. The van der Waals surface area contributed by atoms with Crippen molar-refractivity contribution in [2.24, 2.45) is 11.7 Å². The fourth-order valence-electron chi connectivity index (χ4n) is 2.17. The van der Waals surface area contributed by atoms with E-state index in [0.29, 0.717) is 13.0 Å². The van der Waals surface area contributed by atoms with Gasteiger partial charge in [-0.25, -0.2) is 9.78 Å². The highest BCUT2D eigenvalue weighted by Crippen LogP contribution is 2.17. The molecule has 0 saturated carbocycles. The number of hydrogen-bond acceptors (Lipinski definition) is 4. The van der Waals surface area contributed by atoms with Gasteiger partial charge >= 0.3 is 6.09 Å². The fourth-order valence-corrected chi connectivity index (χ4v) is 2.17. The molecule has 7 nitrogen and oxygen atoms in total. The summed E-state index contributed by atoms with van der Waals surface area (Å²) in [4.78, 5) is 32.5. The molecule has 0 fully saturated rings. The van der Waals surface area contributed by atoms with Gasteiger partial charge in [-0.15, -0.1) is 0 Å². The van der Waals surface area contributed by atoms with E-state index < -0.39 is 23.6 Å². The monoisotopic (exact) mass is 310 g/mol. The van der Waals surface area contributed by atoms with Crippen molar-refractivity contribution in [3.8, 4) is 0 Å². The number of hydrogen-bond donors (Lipinski definition) is 2.